The van der Waals surface area contributed by atoms with Crippen molar-refractivity contribution >= 4 is 24.8 Å². The topological polar surface area (TPSA) is 52.0 Å². The normalized spacial score (nSPS) is 36.8. The average Bonchev–Trinajstić information content (AvgIpc) is 2.67. The zero-order valence-corrected chi connectivity index (χ0v) is 12.2. The highest BCUT2D eigenvalue weighted by Gasteiger charge is 2.18. The van der Waals surface area contributed by atoms with E-state index in [2.05, 4.69) is 13.8 Å². The summed E-state index contributed by atoms with van der Waals surface area (Å²) in [6.07, 6.45) is 7.90. The summed E-state index contributed by atoms with van der Waals surface area (Å²) in [4.78, 5) is 0. The molecule has 2 rings (SSSR count). The highest BCUT2D eigenvalue weighted by Crippen LogP contribution is 2.22. The van der Waals surface area contributed by atoms with Crippen molar-refractivity contribution in [2.75, 3.05) is 0 Å². The number of hydrogen-bond donors (Lipinski definition) is 2. The zero-order valence-electron chi connectivity index (χ0n) is 10.5. The molecule has 0 aliphatic heterocycles. The van der Waals surface area contributed by atoms with Crippen LogP contribution in [0.4, 0.5) is 0 Å². The van der Waals surface area contributed by atoms with E-state index < -0.39 is 0 Å². The summed E-state index contributed by atoms with van der Waals surface area (Å²) >= 11 is 0. The summed E-state index contributed by atoms with van der Waals surface area (Å²) in [6, 6.07) is 1.03. The van der Waals surface area contributed by atoms with Gasteiger partial charge in [-0.1, -0.05) is 26.7 Å². The largest absolute Gasteiger partial charge is 0.327 e. The van der Waals surface area contributed by atoms with Gasteiger partial charge in [-0.3, -0.25) is 0 Å². The molecule has 100 valence electrons. The number of hydrogen-bond acceptors (Lipinski definition) is 2. The summed E-state index contributed by atoms with van der Waals surface area (Å²) in [5.41, 5.74) is 11.4. The van der Waals surface area contributed by atoms with E-state index in [1.54, 1.807) is 0 Å². The Morgan fingerprint density at radius 1 is 0.688 bits per heavy atom. The maximum Gasteiger partial charge on any atom is 0.00645 e. The van der Waals surface area contributed by atoms with Crippen LogP contribution in [0.15, 0.2) is 0 Å². The molecule has 2 aliphatic carbocycles. The average molecular weight is 271 g/mol. The molecule has 0 saturated heterocycles. The van der Waals surface area contributed by atoms with Gasteiger partial charge in [-0.15, -0.1) is 24.8 Å². The highest BCUT2D eigenvalue weighted by atomic mass is 35.5. The van der Waals surface area contributed by atoms with Crippen LogP contribution in [0.1, 0.15) is 52.4 Å². The lowest BCUT2D eigenvalue weighted by molar-refractivity contribution is 0.527. The van der Waals surface area contributed by atoms with Crippen LogP contribution in [0, 0.1) is 11.8 Å². The van der Waals surface area contributed by atoms with E-state index >= 15 is 0 Å². The van der Waals surface area contributed by atoms with Crippen LogP contribution in [0.2, 0.25) is 0 Å². The number of nitrogens with two attached hydrogens (primary N) is 2. The third-order valence-electron chi connectivity index (χ3n) is 3.86. The van der Waals surface area contributed by atoms with E-state index in [1.165, 1.54) is 38.5 Å². The Kier molecular flexibility index (Phi) is 11.2. The van der Waals surface area contributed by atoms with Crippen molar-refractivity contribution in [1.29, 1.82) is 0 Å². The van der Waals surface area contributed by atoms with Gasteiger partial charge in [-0.25, -0.2) is 0 Å². The standard InChI is InChI=1S/2C6H13N.2ClH/c2*1-5-3-2-4-6(5)7;;/h2*5-6H,2-4,7H2,1H3;2*1H/t5-,6?;5-,6+;;/m10../s1. The molecular formula is C12H28Cl2N2. The molecule has 0 heterocycles. The second kappa shape index (κ2) is 9.52. The SMILES string of the molecule is C[C@@H]1CCCC1N.C[C@H]1CCC[C@H]1N.Cl.Cl. The summed E-state index contributed by atoms with van der Waals surface area (Å²) < 4.78 is 0. The first kappa shape index (κ1) is 18.9. The van der Waals surface area contributed by atoms with Gasteiger partial charge >= 0.3 is 0 Å². The molecule has 1 unspecified atom stereocenters. The summed E-state index contributed by atoms with van der Waals surface area (Å²) in [5, 5.41) is 0. The van der Waals surface area contributed by atoms with Gasteiger partial charge in [0.15, 0.2) is 0 Å². The van der Waals surface area contributed by atoms with Crippen LogP contribution in [0.25, 0.3) is 0 Å². The van der Waals surface area contributed by atoms with Gasteiger partial charge in [0.25, 0.3) is 0 Å². The molecule has 16 heavy (non-hydrogen) atoms. The van der Waals surface area contributed by atoms with Gasteiger partial charge in [0.2, 0.25) is 0 Å². The van der Waals surface area contributed by atoms with Crippen molar-refractivity contribution in [3.8, 4) is 0 Å². The number of rotatable bonds is 0. The Labute approximate surface area is 113 Å². The minimum absolute atomic E-state index is 0. The maximum atomic E-state index is 5.68. The molecule has 2 fully saturated rings. The summed E-state index contributed by atoms with van der Waals surface area (Å²) in [6.45, 7) is 4.47. The Balaban J connectivity index is 0. The molecule has 0 aromatic rings. The molecule has 0 spiro atoms. The predicted octanol–water partition coefficient (Wildman–Crippen LogP) is 3.11. The van der Waals surface area contributed by atoms with E-state index in [0.29, 0.717) is 12.1 Å². The lowest BCUT2D eigenvalue weighted by Gasteiger charge is -2.05. The fourth-order valence-electron chi connectivity index (χ4n) is 2.35. The van der Waals surface area contributed by atoms with E-state index in [-0.39, 0.29) is 24.8 Å². The zero-order chi connectivity index (χ0) is 10.6. The molecule has 2 saturated carbocycles. The van der Waals surface area contributed by atoms with Gasteiger partial charge in [0.1, 0.15) is 0 Å². The summed E-state index contributed by atoms with van der Waals surface area (Å²) in [7, 11) is 0. The Bertz CT molecular complexity index is 133. The van der Waals surface area contributed by atoms with Crippen LogP contribution in [-0.2, 0) is 0 Å². The molecule has 0 aromatic carbocycles. The van der Waals surface area contributed by atoms with Crippen LogP contribution in [-0.4, -0.2) is 12.1 Å². The minimum atomic E-state index is 0. The van der Waals surface area contributed by atoms with Gasteiger partial charge < -0.3 is 11.5 Å². The van der Waals surface area contributed by atoms with Crippen molar-refractivity contribution < 1.29 is 0 Å². The number of halogens is 2. The maximum absolute atomic E-state index is 5.68. The lowest BCUT2D eigenvalue weighted by atomic mass is 10.1. The van der Waals surface area contributed by atoms with Crippen molar-refractivity contribution in [2.24, 2.45) is 23.3 Å². The first-order valence-electron chi connectivity index (χ1n) is 6.12. The first-order chi connectivity index (χ1) is 6.61. The van der Waals surface area contributed by atoms with Gasteiger partial charge in [0.05, 0.1) is 0 Å². The van der Waals surface area contributed by atoms with E-state index in [4.69, 9.17) is 11.5 Å². The van der Waals surface area contributed by atoms with Crippen LogP contribution < -0.4 is 11.5 Å². The van der Waals surface area contributed by atoms with Gasteiger partial charge in [0, 0.05) is 12.1 Å². The van der Waals surface area contributed by atoms with E-state index in [0.717, 1.165) is 11.8 Å². The molecule has 0 radical (unpaired) electrons. The second-order valence-electron chi connectivity index (χ2n) is 5.14. The van der Waals surface area contributed by atoms with E-state index in [1.807, 2.05) is 0 Å². The molecule has 0 aromatic heterocycles. The molecule has 0 amide bonds. The quantitative estimate of drug-likeness (QED) is 0.711. The van der Waals surface area contributed by atoms with Crippen molar-refractivity contribution in [3.05, 3.63) is 0 Å². The Morgan fingerprint density at radius 2 is 1.00 bits per heavy atom. The molecular weight excluding hydrogens is 243 g/mol. The van der Waals surface area contributed by atoms with Gasteiger partial charge in [-0.05, 0) is 37.5 Å². The fourth-order valence-corrected chi connectivity index (χ4v) is 2.35. The second-order valence-corrected chi connectivity index (χ2v) is 5.14. The lowest BCUT2D eigenvalue weighted by Crippen LogP contribution is -2.21. The predicted molar refractivity (Wildman–Crippen MR) is 76.5 cm³/mol. The fraction of sp³-hybridized carbons (Fsp3) is 1.00. The van der Waals surface area contributed by atoms with Crippen LogP contribution >= 0.6 is 24.8 Å². The Morgan fingerprint density at radius 3 is 1.06 bits per heavy atom. The molecule has 4 atom stereocenters. The Hall–Kier alpha value is 0.500. The molecule has 4 heteroatoms. The molecule has 0 bridgehead atoms. The van der Waals surface area contributed by atoms with Crippen LogP contribution in [0.3, 0.4) is 0 Å². The van der Waals surface area contributed by atoms with Crippen molar-refractivity contribution in [1.82, 2.24) is 0 Å². The van der Waals surface area contributed by atoms with Gasteiger partial charge in [-0.2, -0.15) is 0 Å². The monoisotopic (exact) mass is 270 g/mol. The van der Waals surface area contributed by atoms with E-state index in [9.17, 15) is 0 Å². The van der Waals surface area contributed by atoms with Crippen molar-refractivity contribution in [3.63, 3.8) is 0 Å². The smallest absolute Gasteiger partial charge is 0.00645 e. The molecule has 2 aliphatic rings. The highest BCUT2D eigenvalue weighted by molar-refractivity contribution is 5.85. The summed E-state index contributed by atoms with van der Waals surface area (Å²) in [5.74, 6) is 1.58. The minimum Gasteiger partial charge on any atom is -0.327 e. The third kappa shape index (κ3) is 6.29. The van der Waals surface area contributed by atoms with Crippen molar-refractivity contribution in [2.45, 2.75) is 64.5 Å². The first-order valence-corrected chi connectivity index (χ1v) is 6.12. The molecule has 2 nitrogen and oxygen atoms in total. The third-order valence-corrected chi connectivity index (χ3v) is 3.86. The van der Waals surface area contributed by atoms with Crippen LogP contribution in [0.5, 0.6) is 0 Å². The molecule has 4 N–H and O–H groups in total.